The van der Waals surface area contributed by atoms with E-state index in [0.29, 0.717) is 6.42 Å². The van der Waals surface area contributed by atoms with Crippen molar-refractivity contribution in [1.82, 2.24) is 9.97 Å². The summed E-state index contributed by atoms with van der Waals surface area (Å²) in [4.78, 5) is 18.7. The molecule has 0 spiro atoms. The van der Waals surface area contributed by atoms with Crippen LogP contribution in [-0.2, 0) is 9.53 Å². The first-order chi connectivity index (χ1) is 7.83. The summed E-state index contributed by atoms with van der Waals surface area (Å²) in [5, 5.41) is 3.18. The minimum Gasteiger partial charge on any atom is -0.469 e. The van der Waals surface area contributed by atoms with Gasteiger partial charge in [-0.05, 0) is 18.9 Å². The van der Waals surface area contributed by atoms with Gasteiger partial charge in [-0.1, -0.05) is 6.42 Å². The highest BCUT2D eigenvalue weighted by Gasteiger charge is 1.98. The average molecular weight is 223 g/mol. The zero-order valence-electron chi connectivity index (χ0n) is 9.48. The highest BCUT2D eigenvalue weighted by molar-refractivity contribution is 5.68. The summed E-state index contributed by atoms with van der Waals surface area (Å²) in [6, 6.07) is 1.83. The van der Waals surface area contributed by atoms with Crippen LogP contribution in [0.3, 0.4) is 0 Å². The Kier molecular flexibility index (Phi) is 5.91. The molecular formula is C11H17N3O2. The standard InChI is InChI=1S/C11H17N3O2/c1-16-11(15)5-3-2-4-7-13-10-6-8-12-9-14-10/h6,8-9H,2-5,7H2,1H3,(H,12,13,14). The van der Waals surface area contributed by atoms with Crippen molar-refractivity contribution in [3.05, 3.63) is 18.6 Å². The van der Waals surface area contributed by atoms with Gasteiger partial charge < -0.3 is 10.1 Å². The lowest BCUT2D eigenvalue weighted by molar-refractivity contribution is -0.140. The number of methoxy groups -OCH3 is 1. The average Bonchev–Trinajstić information content (AvgIpc) is 2.34. The lowest BCUT2D eigenvalue weighted by Gasteiger charge is -2.04. The molecule has 1 aromatic heterocycles. The molecule has 0 bridgehead atoms. The number of hydrogen-bond acceptors (Lipinski definition) is 5. The molecule has 1 heterocycles. The number of anilines is 1. The Morgan fingerprint density at radius 2 is 2.31 bits per heavy atom. The van der Waals surface area contributed by atoms with E-state index < -0.39 is 0 Å². The van der Waals surface area contributed by atoms with Gasteiger partial charge in [0.15, 0.2) is 0 Å². The molecule has 1 rings (SSSR count). The van der Waals surface area contributed by atoms with E-state index in [-0.39, 0.29) is 5.97 Å². The molecule has 88 valence electrons. The highest BCUT2D eigenvalue weighted by atomic mass is 16.5. The van der Waals surface area contributed by atoms with Crippen LogP contribution in [0.1, 0.15) is 25.7 Å². The van der Waals surface area contributed by atoms with Crippen LogP contribution in [-0.4, -0.2) is 29.6 Å². The van der Waals surface area contributed by atoms with Crippen molar-refractivity contribution in [2.45, 2.75) is 25.7 Å². The molecule has 0 aliphatic rings. The van der Waals surface area contributed by atoms with Crippen LogP contribution in [0.4, 0.5) is 5.82 Å². The minimum atomic E-state index is -0.135. The predicted octanol–water partition coefficient (Wildman–Crippen LogP) is 1.62. The van der Waals surface area contributed by atoms with Gasteiger partial charge in [-0.3, -0.25) is 4.79 Å². The molecule has 5 nitrogen and oxygen atoms in total. The van der Waals surface area contributed by atoms with E-state index in [1.54, 1.807) is 6.20 Å². The Labute approximate surface area is 95.3 Å². The second-order valence-electron chi connectivity index (χ2n) is 3.41. The van der Waals surface area contributed by atoms with Crippen LogP contribution >= 0.6 is 0 Å². The lowest BCUT2D eigenvalue weighted by Crippen LogP contribution is -2.04. The maximum atomic E-state index is 10.8. The summed E-state index contributed by atoms with van der Waals surface area (Å²) in [6.45, 7) is 0.859. The fourth-order valence-corrected chi connectivity index (χ4v) is 1.28. The largest absolute Gasteiger partial charge is 0.469 e. The van der Waals surface area contributed by atoms with Gasteiger partial charge in [-0.2, -0.15) is 0 Å². The Morgan fingerprint density at radius 1 is 1.44 bits per heavy atom. The number of carbonyl (C=O) groups excluding carboxylic acids is 1. The number of esters is 1. The maximum absolute atomic E-state index is 10.8. The third-order valence-electron chi connectivity index (χ3n) is 2.17. The fraction of sp³-hybridized carbons (Fsp3) is 0.545. The molecule has 0 radical (unpaired) electrons. The van der Waals surface area contributed by atoms with Crippen molar-refractivity contribution < 1.29 is 9.53 Å². The smallest absolute Gasteiger partial charge is 0.305 e. The maximum Gasteiger partial charge on any atom is 0.305 e. The first kappa shape index (κ1) is 12.4. The number of hydrogen-bond donors (Lipinski definition) is 1. The predicted molar refractivity (Wildman–Crippen MR) is 61.0 cm³/mol. The topological polar surface area (TPSA) is 64.1 Å². The van der Waals surface area contributed by atoms with Crippen molar-refractivity contribution in [2.75, 3.05) is 19.0 Å². The quantitative estimate of drug-likeness (QED) is 0.562. The van der Waals surface area contributed by atoms with Crippen LogP contribution < -0.4 is 5.32 Å². The Hall–Kier alpha value is -1.65. The van der Waals surface area contributed by atoms with Gasteiger partial charge >= 0.3 is 5.97 Å². The monoisotopic (exact) mass is 223 g/mol. The number of ether oxygens (including phenoxy) is 1. The van der Waals surface area contributed by atoms with E-state index in [0.717, 1.165) is 31.6 Å². The van der Waals surface area contributed by atoms with Crippen LogP contribution in [0, 0.1) is 0 Å². The summed E-state index contributed by atoms with van der Waals surface area (Å²) < 4.78 is 4.55. The van der Waals surface area contributed by atoms with Crippen molar-refractivity contribution in [1.29, 1.82) is 0 Å². The molecule has 1 aromatic rings. The molecule has 0 unspecified atom stereocenters. The Bertz CT molecular complexity index is 303. The number of nitrogens with zero attached hydrogens (tertiary/aromatic N) is 2. The third-order valence-corrected chi connectivity index (χ3v) is 2.17. The van der Waals surface area contributed by atoms with E-state index in [9.17, 15) is 4.79 Å². The molecule has 0 atom stereocenters. The van der Waals surface area contributed by atoms with Crippen molar-refractivity contribution in [3.8, 4) is 0 Å². The highest BCUT2D eigenvalue weighted by Crippen LogP contribution is 2.03. The van der Waals surface area contributed by atoms with Gasteiger partial charge in [0.1, 0.15) is 12.1 Å². The van der Waals surface area contributed by atoms with Crippen LogP contribution in [0.25, 0.3) is 0 Å². The number of nitrogens with one attached hydrogen (secondary N) is 1. The molecule has 16 heavy (non-hydrogen) atoms. The second kappa shape index (κ2) is 7.62. The molecule has 0 aromatic carbocycles. The van der Waals surface area contributed by atoms with Crippen molar-refractivity contribution >= 4 is 11.8 Å². The normalized spacial score (nSPS) is 9.81. The fourth-order valence-electron chi connectivity index (χ4n) is 1.28. The van der Waals surface area contributed by atoms with E-state index in [1.165, 1.54) is 13.4 Å². The van der Waals surface area contributed by atoms with Crippen molar-refractivity contribution in [3.63, 3.8) is 0 Å². The van der Waals surface area contributed by atoms with Gasteiger partial charge in [0.2, 0.25) is 0 Å². The molecular weight excluding hydrogens is 206 g/mol. The summed E-state index contributed by atoms with van der Waals surface area (Å²) in [7, 11) is 1.42. The summed E-state index contributed by atoms with van der Waals surface area (Å²) in [5.41, 5.74) is 0. The lowest BCUT2D eigenvalue weighted by atomic mass is 10.2. The van der Waals surface area contributed by atoms with E-state index in [1.807, 2.05) is 6.07 Å². The van der Waals surface area contributed by atoms with Gasteiger partial charge in [0, 0.05) is 19.2 Å². The molecule has 5 heteroatoms. The van der Waals surface area contributed by atoms with Gasteiger partial charge in [0.25, 0.3) is 0 Å². The van der Waals surface area contributed by atoms with Gasteiger partial charge in [-0.15, -0.1) is 0 Å². The Balaban J connectivity index is 1.98. The van der Waals surface area contributed by atoms with E-state index in [4.69, 9.17) is 0 Å². The minimum absolute atomic E-state index is 0.135. The summed E-state index contributed by atoms with van der Waals surface area (Å²) in [6.07, 6.45) is 6.61. The SMILES string of the molecule is COC(=O)CCCCCNc1ccncn1. The number of carbonyl (C=O) groups is 1. The number of rotatable bonds is 7. The van der Waals surface area contributed by atoms with Crippen LogP contribution in [0.15, 0.2) is 18.6 Å². The van der Waals surface area contributed by atoms with Crippen molar-refractivity contribution in [2.24, 2.45) is 0 Å². The molecule has 0 saturated carbocycles. The first-order valence-electron chi connectivity index (χ1n) is 5.39. The number of unbranched alkanes of at least 4 members (excludes halogenated alkanes) is 2. The van der Waals surface area contributed by atoms with Crippen LogP contribution in [0.5, 0.6) is 0 Å². The molecule has 0 saturated heterocycles. The van der Waals surface area contributed by atoms with E-state index >= 15 is 0 Å². The molecule has 0 aliphatic carbocycles. The molecule has 1 N–H and O–H groups in total. The Morgan fingerprint density at radius 3 is 3.00 bits per heavy atom. The zero-order valence-corrected chi connectivity index (χ0v) is 9.48. The second-order valence-corrected chi connectivity index (χ2v) is 3.41. The molecule has 0 fully saturated rings. The molecule has 0 aliphatic heterocycles. The third kappa shape index (κ3) is 5.29. The van der Waals surface area contributed by atoms with Gasteiger partial charge in [0.05, 0.1) is 7.11 Å². The summed E-state index contributed by atoms with van der Waals surface area (Å²) in [5.74, 6) is 0.701. The molecule has 0 amide bonds. The zero-order chi connectivity index (χ0) is 11.6. The summed E-state index contributed by atoms with van der Waals surface area (Å²) >= 11 is 0. The first-order valence-corrected chi connectivity index (χ1v) is 5.39. The van der Waals surface area contributed by atoms with E-state index in [2.05, 4.69) is 20.0 Å². The van der Waals surface area contributed by atoms with Crippen LogP contribution in [0.2, 0.25) is 0 Å². The number of aromatic nitrogens is 2. The van der Waals surface area contributed by atoms with Gasteiger partial charge in [-0.25, -0.2) is 9.97 Å².